The molecule has 3 N–H and O–H groups in total. The number of nitrogens with one attached hydrogen (secondary N) is 1. The SMILES string of the molecule is COC(=O)NCc1nc(-c2ccc(O)c(O)c2)cs1. The highest BCUT2D eigenvalue weighted by Gasteiger charge is 2.08. The molecule has 0 spiro atoms. The molecule has 100 valence electrons. The zero-order valence-corrected chi connectivity index (χ0v) is 10.9. The number of amides is 1. The summed E-state index contributed by atoms with van der Waals surface area (Å²) in [5.74, 6) is -0.369. The molecule has 0 saturated carbocycles. The van der Waals surface area contributed by atoms with Gasteiger partial charge in [0.15, 0.2) is 11.5 Å². The summed E-state index contributed by atoms with van der Waals surface area (Å²) in [6.45, 7) is 0.279. The lowest BCUT2D eigenvalue weighted by Crippen LogP contribution is -2.22. The zero-order chi connectivity index (χ0) is 13.8. The molecule has 0 bridgehead atoms. The van der Waals surface area contributed by atoms with Gasteiger partial charge in [-0.2, -0.15) is 0 Å². The van der Waals surface area contributed by atoms with Crippen LogP contribution in [0.15, 0.2) is 23.6 Å². The second-order valence-electron chi connectivity index (χ2n) is 3.68. The van der Waals surface area contributed by atoms with Gasteiger partial charge < -0.3 is 20.3 Å². The third-order valence-corrected chi connectivity index (χ3v) is 3.24. The second kappa shape index (κ2) is 5.57. The number of carbonyl (C=O) groups excluding carboxylic acids is 1. The lowest BCUT2D eigenvalue weighted by molar-refractivity contribution is 0.170. The third-order valence-electron chi connectivity index (χ3n) is 2.39. The maximum Gasteiger partial charge on any atom is 0.407 e. The smallest absolute Gasteiger partial charge is 0.407 e. The summed E-state index contributed by atoms with van der Waals surface area (Å²) in [6, 6.07) is 4.49. The molecule has 0 radical (unpaired) electrons. The number of methoxy groups -OCH3 is 1. The van der Waals surface area contributed by atoms with Gasteiger partial charge in [0.25, 0.3) is 0 Å². The molecule has 0 fully saturated rings. The highest BCUT2D eigenvalue weighted by Crippen LogP contribution is 2.30. The third kappa shape index (κ3) is 3.14. The zero-order valence-electron chi connectivity index (χ0n) is 10.1. The number of rotatable bonds is 3. The van der Waals surface area contributed by atoms with Crippen LogP contribution in [0.5, 0.6) is 11.5 Å². The Balaban J connectivity index is 2.12. The summed E-state index contributed by atoms with van der Waals surface area (Å²) in [5.41, 5.74) is 1.36. The number of alkyl carbamates (subject to hydrolysis) is 1. The molecule has 7 heteroatoms. The van der Waals surface area contributed by atoms with Crippen LogP contribution >= 0.6 is 11.3 Å². The average molecular weight is 280 g/mol. The molecule has 1 heterocycles. The first-order valence-corrected chi connectivity index (χ1v) is 6.26. The van der Waals surface area contributed by atoms with Gasteiger partial charge in [-0.1, -0.05) is 0 Å². The molecule has 1 aromatic heterocycles. The van der Waals surface area contributed by atoms with Gasteiger partial charge in [0, 0.05) is 10.9 Å². The van der Waals surface area contributed by atoms with Gasteiger partial charge in [-0.3, -0.25) is 0 Å². The Hall–Kier alpha value is -2.28. The first-order chi connectivity index (χ1) is 9.10. The van der Waals surface area contributed by atoms with Crippen LogP contribution < -0.4 is 5.32 Å². The van der Waals surface area contributed by atoms with Crippen molar-refractivity contribution in [1.82, 2.24) is 10.3 Å². The molecule has 0 unspecified atom stereocenters. The minimum atomic E-state index is -0.515. The number of benzene rings is 1. The van der Waals surface area contributed by atoms with Gasteiger partial charge in [0.2, 0.25) is 0 Å². The Morgan fingerprint density at radius 2 is 2.21 bits per heavy atom. The minimum Gasteiger partial charge on any atom is -0.504 e. The molecule has 6 nitrogen and oxygen atoms in total. The van der Waals surface area contributed by atoms with Gasteiger partial charge in [-0.15, -0.1) is 11.3 Å². The molecule has 0 atom stereocenters. The first kappa shape index (κ1) is 13.2. The molecule has 1 amide bonds. The van der Waals surface area contributed by atoms with Crippen LogP contribution in [0.1, 0.15) is 5.01 Å². The van der Waals surface area contributed by atoms with Gasteiger partial charge in [-0.25, -0.2) is 9.78 Å². The number of carbonyl (C=O) groups is 1. The standard InChI is InChI=1S/C12H12N2O4S/c1-18-12(17)13-5-11-14-8(6-19-11)7-2-3-9(15)10(16)4-7/h2-4,6,15-16H,5H2,1H3,(H,13,17). The number of nitrogens with zero attached hydrogens (tertiary/aromatic N) is 1. The topological polar surface area (TPSA) is 91.7 Å². The fraction of sp³-hybridized carbons (Fsp3) is 0.167. The Kier molecular flexibility index (Phi) is 3.86. The van der Waals surface area contributed by atoms with E-state index in [4.69, 9.17) is 0 Å². The lowest BCUT2D eigenvalue weighted by Gasteiger charge is -2.01. The average Bonchev–Trinajstić information content (AvgIpc) is 2.88. The van der Waals surface area contributed by atoms with E-state index in [1.165, 1.54) is 30.6 Å². The van der Waals surface area contributed by atoms with Crippen molar-refractivity contribution in [1.29, 1.82) is 0 Å². The van der Waals surface area contributed by atoms with E-state index in [0.717, 1.165) is 0 Å². The number of thiazole rings is 1. The van der Waals surface area contributed by atoms with Gasteiger partial charge in [0.05, 0.1) is 19.3 Å². The van der Waals surface area contributed by atoms with E-state index >= 15 is 0 Å². The van der Waals surface area contributed by atoms with Gasteiger partial charge in [-0.05, 0) is 18.2 Å². The number of aromatic hydroxyl groups is 2. The number of aromatic nitrogens is 1. The minimum absolute atomic E-state index is 0.174. The molecule has 1 aromatic carbocycles. The van der Waals surface area contributed by atoms with Crippen molar-refractivity contribution in [2.24, 2.45) is 0 Å². The molecular formula is C12H12N2O4S. The predicted octanol–water partition coefficient (Wildman–Crippen LogP) is 2.08. The number of phenolic OH excluding ortho intramolecular Hbond substituents is 2. The van der Waals surface area contributed by atoms with Crippen molar-refractivity contribution < 1.29 is 19.7 Å². The fourth-order valence-electron chi connectivity index (χ4n) is 1.43. The van der Waals surface area contributed by atoms with Gasteiger partial charge in [0.1, 0.15) is 5.01 Å². The molecule has 0 aliphatic carbocycles. The van der Waals surface area contributed by atoms with Crippen LogP contribution in [0.2, 0.25) is 0 Å². The molecule has 19 heavy (non-hydrogen) atoms. The molecular weight excluding hydrogens is 268 g/mol. The molecule has 0 saturated heterocycles. The van der Waals surface area contributed by atoms with Crippen LogP contribution in [-0.4, -0.2) is 28.4 Å². The maximum absolute atomic E-state index is 10.9. The van der Waals surface area contributed by atoms with E-state index in [9.17, 15) is 15.0 Å². The van der Waals surface area contributed by atoms with Crippen LogP contribution in [0.4, 0.5) is 4.79 Å². The summed E-state index contributed by atoms with van der Waals surface area (Å²) in [4.78, 5) is 15.2. The van der Waals surface area contributed by atoms with Crippen LogP contribution in [0, 0.1) is 0 Å². The summed E-state index contributed by atoms with van der Waals surface area (Å²) in [6.07, 6.45) is -0.515. The maximum atomic E-state index is 10.9. The van der Waals surface area contributed by atoms with E-state index in [1.54, 1.807) is 11.4 Å². The molecule has 2 rings (SSSR count). The Morgan fingerprint density at radius 3 is 2.89 bits per heavy atom. The van der Waals surface area contributed by atoms with Crippen molar-refractivity contribution in [3.63, 3.8) is 0 Å². The second-order valence-corrected chi connectivity index (χ2v) is 4.62. The van der Waals surface area contributed by atoms with Crippen molar-refractivity contribution in [3.05, 3.63) is 28.6 Å². The number of ether oxygens (including phenoxy) is 1. The summed E-state index contributed by atoms with van der Waals surface area (Å²) >= 11 is 1.38. The van der Waals surface area contributed by atoms with Crippen LogP contribution in [0.25, 0.3) is 11.3 Å². The van der Waals surface area contributed by atoms with Crippen LogP contribution in [-0.2, 0) is 11.3 Å². The van der Waals surface area contributed by atoms with E-state index in [-0.39, 0.29) is 18.0 Å². The molecule has 0 aliphatic heterocycles. The van der Waals surface area contributed by atoms with Crippen molar-refractivity contribution in [3.8, 4) is 22.8 Å². The number of hydrogen-bond acceptors (Lipinski definition) is 6. The summed E-state index contributed by atoms with van der Waals surface area (Å²) in [7, 11) is 1.29. The Bertz CT molecular complexity index is 597. The van der Waals surface area contributed by atoms with E-state index < -0.39 is 6.09 Å². The normalized spacial score (nSPS) is 10.2. The number of phenols is 2. The van der Waals surface area contributed by atoms with Crippen molar-refractivity contribution >= 4 is 17.4 Å². The molecule has 0 aliphatic rings. The predicted molar refractivity (Wildman–Crippen MR) is 70.1 cm³/mol. The summed E-state index contributed by atoms with van der Waals surface area (Å²) < 4.78 is 4.46. The first-order valence-electron chi connectivity index (χ1n) is 5.38. The monoisotopic (exact) mass is 280 g/mol. The fourth-order valence-corrected chi connectivity index (χ4v) is 2.17. The van der Waals surface area contributed by atoms with Gasteiger partial charge >= 0.3 is 6.09 Å². The van der Waals surface area contributed by atoms with E-state index in [0.29, 0.717) is 16.3 Å². The van der Waals surface area contributed by atoms with Crippen molar-refractivity contribution in [2.45, 2.75) is 6.54 Å². The number of hydrogen-bond donors (Lipinski definition) is 3. The Morgan fingerprint density at radius 1 is 1.42 bits per heavy atom. The quantitative estimate of drug-likeness (QED) is 0.749. The Labute approximate surface area is 113 Å². The summed E-state index contributed by atoms with van der Waals surface area (Å²) in [5, 5.41) is 23.7. The van der Waals surface area contributed by atoms with Crippen molar-refractivity contribution in [2.75, 3.05) is 7.11 Å². The van der Waals surface area contributed by atoms with Crippen LogP contribution in [0.3, 0.4) is 0 Å². The van der Waals surface area contributed by atoms with E-state index in [2.05, 4.69) is 15.0 Å². The van der Waals surface area contributed by atoms with E-state index in [1.807, 2.05) is 0 Å². The highest BCUT2D eigenvalue weighted by molar-refractivity contribution is 7.09. The largest absolute Gasteiger partial charge is 0.504 e. The lowest BCUT2D eigenvalue weighted by atomic mass is 10.1. The molecule has 2 aromatic rings. The highest BCUT2D eigenvalue weighted by atomic mass is 32.1.